The van der Waals surface area contributed by atoms with Gasteiger partial charge >= 0.3 is 17.9 Å². The molecule has 0 bridgehead atoms. The minimum Gasteiger partial charge on any atom is -0.456 e. The van der Waals surface area contributed by atoms with Gasteiger partial charge in [0.25, 0.3) is 0 Å². The van der Waals surface area contributed by atoms with Crippen LogP contribution in [0.5, 0.6) is 0 Å². The first kappa shape index (κ1) is 30.7. The number of carbonyl (C=O) groups excluding carboxylic acids is 3. The Hall–Kier alpha value is -3.84. The van der Waals surface area contributed by atoms with E-state index in [0.29, 0.717) is 18.7 Å². The highest BCUT2D eigenvalue weighted by Crippen LogP contribution is 2.35. The topological polar surface area (TPSA) is 199 Å². The zero-order chi connectivity index (χ0) is 29.3. The minimum atomic E-state index is -1.96. The first-order valence-electron chi connectivity index (χ1n) is 12.7. The molecule has 218 valence electrons. The number of aromatic nitrogens is 3. The summed E-state index contributed by atoms with van der Waals surface area (Å²) in [4.78, 5) is 41.3. The van der Waals surface area contributed by atoms with Crippen molar-refractivity contribution in [1.29, 1.82) is 5.26 Å². The maximum Gasteiger partial charge on any atom is 0.323 e. The molecule has 40 heavy (non-hydrogen) atoms. The summed E-state index contributed by atoms with van der Waals surface area (Å²) in [5.74, 6) is -1.63. The number of carbonyl (C=O) groups is 3. The number of hydrogen-bond donors (Lipinski definition) is 2. The molecule has 1 unspecified atom stereocenters. The number of methoxy groups -OCH3 is 1. The van der Waals surface area contributed by atoms with Crippen molar-refractivity contribution in [2.45, 2.75) is 63.6 Å². The van der Waals surface area contributed by atoms with Gasteiger partial charge in [-0.15, -0.1) is 0 Å². The second-order valence-corrected chi connectivity index (χ2v) is 8.95. The molecule has 3 rings (SSSR count). The highest BCUT2D eigenvalue weighted by atomic mass is 16.6. The van der Waals surface area contributed by atoms with Crippen LogP contribution in [0.4, 0.5) is 5.82 Å². The molecule has 3 N–H and O–H groups in total. The van der Waals surface area contributed by atoms with Crippen LogP contribution >= 0.6 is 0 Å². The van der Waals surface area contributed by atoms with Crippen LogP contribution in [0.2, 0.25) is 0 Å². The summed E-state index contributed by atoms with van der Waals surface area (Å²) in [6.45, 7) is 4.84. The highest BCUT2D eigenvalue weighted by molar-refractivity contribution is 5.75. The smallest absolute Gasteiger partial charge is 0.323 e. The van der Waals surface area contributed by atoms with Crippen LogP contribution < -0.4 is 11.1 Å². The fourth-order valence-electron chi connectivity index (χ4n) is 3.73. The Morgan fingerprint density at radius 3 is 2.55 bits per heavy atom. The highest BCUT2D eigenvalue weighted by Gasteiger charge is 2.50. The van der Waals surface area contributed by atoms with Crippen LogP contribution in [-0.2, 0) is 42.8 Å². The Morgan fingerprint density at radius 2 is 1.95 bits per heavy atom. The molecule has 3 heterocycles. The SMILES string of the molecule is CCC(=O)O[C@@H](c1ccc2c(N)ncnn12)[C@H](OC(=O)CC)C(C#N)(COCN[C@@H](C)C(=O)OC1COC1)OC. The maximum absolute atomic E-state index is 12.6. The Kier molecular flexibility index (Phi) is 10.7. The van der Waals surface area contributed by atoms with Gasteiger partial charge in [0.1, 0.15) is 30.1 Å². The van der Waals surface area contributed by atoms with Crippen LogP contribution in [-0.4, -0.2) is 90.0 Å². The number of esters is 3. The van der Waals surface area contributed by atoms with Gasteiger partial charge in [0.2, 0.25) is 5.60 Å². The van der Waals surface area contributed by atoms with E-state index in [1.54, 1.807) is 32.9 Å². The molecule has 2 aromatic heterocycles. The number of nitriles is 1. The van der Waals surface area contributed by atoms with E-state index >= 15 is 0 Å². The van der Waals surface area contributed by atoms with Crippen molar-refractivity contribution in [1.82, 2.24) is 19.9 Å². The number of ether oxygens (including phenoxy) is 6. The second kappa shape index (κ2) is 14.0. The molecule has 0 saturated carbocycles. The number of nitrogens with zero attached hydrogens (tertiary/aromatic N) is 4. The van der Waals surface area contributed by atoms with Crippen molar-refractivity contribution in [3.8, 4) is 6.07 Å². The van der Waals surface area contributed by atoms with E-state index in [1.165, 1.54) is 18.0 Å². The molecule has 15 heteroatoms. The lowest BCUT2D eigenvalue weighted by Gasteiger charge is -2.37. The Morgan fingerprint density at radius 1 is 1.25 bits per heavy atom. The number of fused-ring (bicyclic) bond motifs is 1. The van der Waals surface area contributed by atoms with Gasteiger partial charge < -0.3 is 34.2 Å². The van der Waals surface area contributed by atoms with E-state index in [2.05, 4.69) is 15.4 Å². The molecule has 1 saturated heterocycles. The van der Waals surface area contributed by atoms with Crippen LogP contribution in [0.25, 0.3) is 5.52 Å². The minimum absolute atomic E-state index is 0.000694. The summed E-state index contributed by atoms with van der Waals surface area (Å²) in [6, 6.07) is 4.48. The van der Waals surface area contributed by atoms with Crippen molar-refractivity contribution >= 4 is 29.2 Å². The summed E-state index contributed by atoms with van der Waals surface area (Å²) in [5, 5.41) is 17.3. The number of hydrogen-bond acceptors (Lipinski definition) is 14. The van der Waals surface area contributed by atoms with E-state index in [0.717, 1.165) is 0 Å². The third-order valence-corrected chi connectivity index (χ3v) is 6.24. The molecule has 0 aliphatic carbocycles. The summed E-state index contributed by atoms with van der Waals surface area (Å²) in [6.07, 6.45) is -1.95. The monoisotopic (exact) mass is 562 g/mol. The Balaban J connectivity index is 1.88. The molecule has 2 aromatic rings. The molecule has 0 spiro atoms. The number of rotatable bonds is 15. The first-order valence-corrected chi connectivity index (χ1v) is 12.7. The average molecular weight is 563 g/mol. The molecule has 1 aliphatic heterocycles. The molecule has 0 amide bonds. The molecule has 1 fully saturated rings. The standard InChI is InChI=1S/C25H34N6O9/c1-5-19(32)39-21(17-7-8-18-23(27)28-13-30-31(17)18)22(40-20(33)6-2)25(11-26,35-4)12-37-14-29-15(3)24(34)38-16-9-36-10-16/h7-8,13,15-16,21-22,29H,5-6,9-10,12,14H2,1-4H3,(H2,27,28,30)/t15-,21-,22-,25?/m0/s1. The number of nitrogen functional groups attached to an aromatic ring is 1. The largest absolute Gasteiger partial charge is 0.456 e. The van der Waals surface area contributed by atoms with Crippen molar-refractivity contribution in [2.24, 2.45) is 0 Å². The summed E-state index contributed by atoms with van der Waals surface area (Å²) in [7, 11) is 1.24. The lowest BCUT2D eigenvalue weighted by atomic mass is 9.92. The molecule has 1 aliphatic rings. The molecule has 0 radical (unpaired) electrons. The van der Waals surface area contributed by atoms with Crippen molar-refractivity contribution in [3.05, 3.63) is 24.2 Å². The van der Waals surface area contributed by atoms with Gasteiger partial charge in [-0.3, -0.25) is 19.7 Å². The third kappa shape index (κ3) is 7.02. The van der Waals surface area contributed by atoms with Gasteiger partial charge in [0.15, 0.2) is 18.0 Å². The Labute approximate surface area is 230 Å². The van der Waals surface area contributed by atoms with E-state index in [4.69, 9.17) is 34.2 Å². The van der Waals surface area contributed by atoms with Gasteiger partial charge in [-0.05, 0) is 19.1 Å². The predicted molar refractivity (Wildman–Crippen MR) is 136 cm³/mol. The van der Waals surface area contributed by atoms with Gasteiger partial charge in [0.05, 0.1) is 32.2 Å². The predicted octanol–water partition coefficient (Wildman–Crippen LogP) is 0.431. The van der Waals surface area contributed by atoms with Crippen LogP contribution in [0.1, 0.15) is 45.4 Å². The van der Waals surface area contributed by atoms with Gasteiger partial charge in [-0.2, -0.15) is 10.4 Å². The molecule has 0 aromatic carbocycles. The number of anilines is 1. The maximum atomic E-state index is 12.6. The van der Waals surface area contributed by atoms with E-state index < -0.39 is 48.4 Å². The van der Waals surface area contributed by atoms with Crippen molar-refractivity contribution < 1.29 is 42.8 Å². The average Bonchev–Trinajstić information content (AvgIpc) is 3.38. The molecule has 4 atom stereocenters. The van der Waals surface area contributed by atoms with Gasteiger partial charge in [0, 0.05) is 20.0 Å². The van der Waals surface area contributed by atoms with Gasteiger partial charge in [-0.1, -0.05) is 13.8 Å². The van der Waals surface area contributed by atoms with E-state index in [9.17, 15) is 19.6 Å². The number of nitrogens with one attached hydrogen (secondary N) is 1. The lowest BCUT2D eigenvalue weighted by molar-refractivity contribution is -0.197. The lowest BCUT2D eigenvalue weighted by Crippen LogP contribution is -2.53. The van der Waals surface area contributed by atoms with Crippen LogP contribution in [0.15, 0.2) is 18.5 Å². The Bertz CT molecular complexity index is 1230. The quantitative estimate of drug-likeness (QED) is 0.131. The van der Waals surface area contributed by atoms with Crippen LogP contribution in [0, 0.1) is 11.3 Å². The van der Waals surface area contributed by atoms with E-state index in [-0.39, 0.29) is 37.2 Å². The van der Waals surface area contributed by atoms with E-state index in [1.807, 2.05) is 6.07 Å². The molecular weight excluding hydrogens is 528 g/mol. The summed E-state index contributed by atoms with van der Waals surface area (Å²) in [5.41, 5.74) is 4.68. The zero-order valence-electron chi connectivity index (χ0n) is 22.8. The molecular formula is C25H34N6O9. The van der Waals surface area contributed by atoms with Crippen LogP contribution in [0.3, 0.4) is 0 Å². The van der Waals surface area contributed by atoms with Gasteiger partial charge in [-0.25, -0.2) is 9.50 Å². The second-order valence-electron chi connectivity index (χ2n) is 8.95. The third-order valence-electron chi connectivity index (χ3n) is 6.24. The fourth-order valence-corrected chi connectivity index (χ4v) is 3.73. The normalized spacial score (nSPS) is 17.1. The summed E-state index contributed by atoms with van der Waals surface area (Å²) < 4.78 is 34.3. The zero-order valence-corrected chi connectivity index (χ0v) is 22.8. The van der Waals surface area contributed by atoms with Crippen molar-refractivity contribution in [2.75, 3.05) is 39.4 Å². The number of nitrogens with two attached hydrogens (primary N) is 1. The first-order chi connectivity index (χ1) is 19.2. The molecule has 15 nitrogen and oxygen atoms in total. The van der Waals surface area contributed by atoms with Crippen molar-refractivity contribution in [3.63, 3.8) is 0 Å². The fraction of sp³-hybridized carbons (Fsp3) is 0.600. The summed E-state index contributed by atoms with van der Waals surface area (Å²) >= 11 is 0.